The second-order valence-corrected chi connectivity index (χ2v) is 7.87. The lowest BCUT2D eigenvalue weighted by Gasteiger charge is -2.13. The molecular formula is C25H20BrN3O5. The van der Waals surface area contributed by atoms with Crippen LogP contribution in [0.5, 0.6) is 11.5 Å². The van der Waals surface area contributed by atoms with Crippen LogP contribution < -0.4 is 14.8 Å². The molecule has 0 saturated heterocycles. The molecule has 1 N–H and O–H groups in total. The zero-order valence-electron chi connectivity index (χ0n) is 18.2. The van der Waals surface area contributed by atoms with Crippen molar-refractivity contribution in [3.05, 3.63) is 98.0 Å². The Morgan fingerprint density at radius 3 is 2.53 bits per heavy atom. The molecule has 3 aromatic carbocycles. The van der Waals surface area contributed by atoms with E-state index in [1.165, 1.54) is 24.3 Å². The highest BCUT2D eigenvalue weighted by Gasteiger charge is 2.17. The lowest BCUT2D eigenvalue weighted by atomic mass is 10.1. The number of nitro benzene ring substituents is 1. The fraction of sp³-hybridized carbons (Fsp3) is 0.120. The van der Waals surface area contributed by atoms with Gasteiger partial charge in [0.2, 0.25) is 0 Å². The summed E-state index contributed by atoms with van der Waals surface area (Å²) >= 11 is 3.40. The van der Waals surface area contributed by atoms with Crippen LogP contribution in [-0.4, -0.2) is 17.4 Å². The van der Waals surface area contributed by atoms with Gasteiger partial charge in [0.1, 0.15) is 23.9 Å². The van der Waals surface area contributed by atoms with Crippen molar-refractivity contribution >= 4 is 39.3 Å². The highest BCUT2D eigenvalue weighted by atomic mass is 79.9. The van der Waals surface area contributed by atoms with Crippen LogP contribution in [0.15, 0.2) is 76.8 Å². The van der Waals surface area contributed by atoms with Gasteiger partial charge in [0.25, 0.3) is 11.6 Å². The lowest BCUT2D eigenvalue weighted by Crippen LogP contribution is -2.14. The highest BCUT2D eigenvalue weighted by molar-refractivity contribution is 9.10. The summed E-state index contributed by atoms with van der Waals surface area (Å²) in [6.45, 7) is 2.57. The van der Waals surface area contributed by atoms with Crippen molar-refractivity contribution < 1.29 is 19.2 Å². The number of nitrogens with zero attached hydrogens (tertiary/aromatic N) is 2. The molecule has 9 heteroatoms. The van der Waals surface area contributed by atoms with Crippen molar-refractivity contribution in [2.75, 3.05) is 11.9 Å². The third kappa shape index (κ3) is 6.43. The Morgan fingerprint density at radius 1 is 1.12 bits per heavy atom. The molecule has 0 atom stereocenters. The third-order valence-corrected chi connectivity index (χ3v) is 5.13. The van der Waals surface area contributed by atoms with Crippen molar-refractivity contribution in [1.29, 1.82) is 5.26 Å². The van der Waals surface area contributed by atoms with E-state index in [1.54, 1.807) is 24.3 Å². The maximum atomic E-state index is 12.6. The molecule has 34 heavy (non-hydrogen) atoms. The monoisotopic (exact) mass is 521 g/mol. The predicted molar refractivity (Wildman–Crippen MR) is 131 cm³/mol. The summed E-state index contributed by atoms with van der Waals surface area (Å²) in [5.41, 5.74) is 1.04. The Hall–Kier alpha value is -4.16. The zero-order chi connectivity index (χ0) is 24.5. The quantitative estimate of drug-likeness (QED) is 0.162. The number of nitrogens with one attached hydrogen (secondary N) is 1. The Bertz CT molecular complexity index is 1270. The average molecular weight is 522 g/mol. The lowest BCUT2D eigenvalue weighted by molar-refractivity contribution is -0.383. The van der Waals surface area contributed by atoms with Gasteiger partial charge in [-0.1, -0.05) is 46.3 Å². The predicted octanol–water partition coefficient (Wildman–Crippen LogP) is 5.88. The van der Waals surface area contributed by atoms with Crippen LogP contribution in [0.25, 0.3) is 6.08 Å². The SMILES string of the molecule is CCOc1cc(C=C(C#N)C(=O)Nc2ccccc2[N+](=O)[O-])ccc1OCc1ccc(Br)cc1. The maximum absolute atomic E-state index is 12.6. The van der Waals surface area contributed by atoms with Gasteiger partial charge in [-0.25, -0.2) is 0 Å². The molecule has 0 saturated carbocycles. The first kappa shape index (κ1) is 24.5. The molecule has 0 spiro atoms. The van der Waals surface area contributed by atoms with Gasteiger partial charge in [-0.05, 0) is 54.5 Å². The number of nitro groups is 1. The Balaban J connectivity index is 1.80. The number of carbonyl (C=O) groups is 1. The average Bonchev–Trinajstić information content (AvgIpc) is 2.83. The standard InChI is InChI=1S/C25H20BrN3O5/c1-2-33-24-14-18(9-12-23(24)34-16-17-7-10-20(26)11-8-17)13-19(15-27)25(30)28-21-5-3-4-6-22(21)29(31)32/h3-14H,2,16H2,1H3,(H,28,30). The molecule has 3 aromatic rings. The Kier molecular flexibility index (Phi) is 8.37. The van der Waals surface area contributed by atoms with Gasteiger partial charge in [0.05, 0.1) is 11.5 Å². The number of halogens is 1. The van der Waals surface area contributed by atoms with Crippen molar-refractivity contribution in [1.82, 2.24) is 0 Å². The molecule has 0 aliphatic rings. The molecule has 0 unspecified atom stereocenters. The van der Waals surface area contributed by atoms with Crippen LogP contribution in [0.3, 0.4) is 0 Å². The second kappa shape index (κ2) is 11.6. The minimum absolute atomic E-state index is 0.00495. The van der Waals surface area contributed by atoms with Crippen molar-refractivity contribution in [3.63, 3.8) is 0 Å². The van der Waals surface area contributed by atoms with Gasteiger partial charge in [0, 0.05) is 10.5 Å². The van der Waals surface area contributed by atoms with E-state index in [1.807, 2.05) is 37.3 Å². The van der Waals surface area contributed by atoms with E-state index < -0.39 is 10.8 Å². The summed E-state index contributed by atoms with van der Waals surface area (Å²) in [5.74, 6) is 0.222. The van der Waals surface area contributed by atoms with Crippen LogP contribution in [0.2, 0.25) is 0 Å². The Morgan fingerprint density at radius 2 is 1.85 bits per heavy atom. The van der Waals surface area contributed by atoms with Gasteiger partial charge in [-0.15, -0.1) is 0 Å². The zero-order valence-corrected chi connectivity index (χ0v) is 19.7. The van der Waals surface area contributed by atoms with E-state index in [-0.39, 0.29) is 16.9 Å². The molecule has 8 nitrogen and oxygen atoms in total. The van der Waals surface area contributed by atoms with Crippen LogP contribution in [0.1, 0.15) is 18.1 Å². The molecule has 3 rings (SSSR count). The number of hydrogen-bond donors (Lipinski definition) is 1. The van der Waals surface area contributed by atoms with Crippen LogP contribution in [0, 0.1) is 21.4 Å². The second-order valence-electron chi connectivity index (χ2n) is 6.95. The number of ether oxygens (including phenoxy) is 2. The number of anilines is 1. The molecule has 0 aliphatic heterocycles. The smallest absolute Gasteiger partial charge is 0.292 e. The number of amides is 1. The first-order valence-electron chi connectivity index (χ1n) is 10.2. The van der Waals surface area contributed by atoms with Crippen molar-refractivity contribution in [2.24, 2.45) is 0 Å². The first-order chi connectivity index (χ1) is 16.4. The van der Waals surface area contributed by atoms with Crippen LogP contribution >= 0.6 is 15.9 Å². The summed E-state index contributed by atoms with van der Waals surface area (Å²) in [4.78, 5) is 23.2. The number of rotatable bonds is 9. The number of benzene rings is 3. The number of para-hydroxylation sites is 2. The van der Waals surface area contributed by atoms with Gasteiger partial charge in [-0.2, -0.15) is 5.26 Å². The van der Waals surface area contributed by atoms with E-state index in [4.69, 9.17) is 9.47 Å². The van der Waals surface area contributed by atoms with Crippen LogP contribution in [0.4, 0.5) is 11.4 Å². The Labute approximate surface area is 204 Å². The van der Waals surface area contributed by atoms with E-state index in [0.717, 1.165) is 10.0 Å². The molecular weight excluding hydrogens is 502 g/mol. The van der Waals surface area contributed by atoms with E-state index in [0.29, 0.717) is 30.3 Å². The van der Waals surface area contributed by atoms with E-state index in [2.05, 4.69) is 21.2 Å². The van der Waals surface area contributed by atoms with Crippen molar-refractivity contribution in [3.8, 4) is 17.6 Å². The molecule has 1 amide bonds. The van der Waals surface area contributed by atoms with Gasteiger partial charge in [-0.3, -0.25) is 14.9 Å². The molecule has 0 bridgehead atoms. The summed E-state index contributed by atoms with van der Waals surface area (Å²) in [6.07, 6.45) is 1.38. The van der Waals surface area contributed by atoms with Gasteiger partial charge < -0.3 is 14.8 Å². The van der Waals surface area contributed by atoms with Gasteiger partial charge >= 0.3 is 0 Å². The van der Waals surface area contributed by atoms with E-state index in [9.17, 15) is 20.2 Å². The molecule has 0 fully saturated rings. The fourth-order valence-electron chi connectivity index (χ4n) is 2.99. The van der Waals surface area contributed by atoms with Gasteiger partial charge in [0.15, 0.2) is 11.5 Å². The summed E-state index contributed by atoms with van der Waals surface area (Å²) < 4.78 is 12.5. The summed E-state index contributed by atoms with van der Waals surface area (Å²) in [6, 6.07) is 20.3. The molecule has 0 heterocycles. The minimum Gasteiger partial charge on any atom is -0.490 e. The molecule has 0 radical (unpaired) electrons. The topological polar surface area (TPSA) is 114 Å². The third-order valence-electron chi connectivity index (χ3n) is 4.60. The fourth-order valence-corrected chi connectivity index (χ4v) is 3.25. The van der Waals surface area contributed by atoms with Crippen LogP contribution in [-0.2, 0) is 11.4 Å². The highest BCUT2D eigenvalue weighted by Crippen LogP contribution is 2.30. The maximum Gasteiger partial charge on any atom is 0.292 e. The number of nitriles is 1. The van der Waals surface area contributed by atoms with Crippen molar-refractivity contribution in [2.45, 2.75) is 13.5 Å². The van der Waals surface area contributed by atoms with E-state index >= 15 is 0 Å². The number of carbonyl (C=O) groups excluding carboxylic acids is 1. The molecule has 0 aromatic heterocycles. The largest absolute Gasteiger partial charge is 0.490 e. The summed E-state index contributed by atoms with van der Waals surface area (Å²) in [5, 5.41) is 23.1. The summed E-state index contributed by atoms with van der Waals surface area (Å²) in [7, 11) is 0. The molecule has 0 aliphatic carbocycles. The molecule has 172 valence electrons. The number of hydrogen-bond acceptors (Lipinski definition) is 6. The first-order valence-corrected chi connectivity index (χ1v) is 11.0. The normalized spacial score (nSPS) is 10.8. The minimum atomic E-state index is -0.759.